The number of hydrogen-bond donors (Lipinski definition) is 4. The van der Waals surface area contributed by atoms with Crippen LogP contribution >= 0.6 is 0 Å². The van der Waals surface area contributed by atoms with Gasteiger partial charge in [-0.3, -0.25) is 4.72 Å². The van der Waals surface area contributed by atoms with Crippen LogP contribution in [0.3, 0.4) is 0 Å². The zero-order valence-corrected chi connectivity index (χ0v) is 25.1. The number of nitrogens with one attached hydrogen (secondary N) is 1. The van der Waals surface area contributed by atoms with E-state index in [2.05, 4.69) is 24.7 Å². The first-order valence-corrected chi connectivity index (χ1v) is 14.6. The van der Waals surface area contributed by atoms with Crippen LogP contribution in [-0.2, 0) is 15.4 Å². The first kappa shape index (κ1) is 36.8. The van der Waals surface area contributed by atoms with Crippen LogP contribution in [-0.4, -0.2) is 107 Å². The van der Waals surface area contributed by atoms with E-state index >= 15 is 0 Å². The van der Waals surface area contributed by atoms with Gasteiger partial charge in [-0.25, -0.2) is 23.4 Å². The molecule has 4 aromatic rings. The molecule has 0 radical (unpaired) electrons. The molecular weight excluding hydrogens is 601 g/mol. The second-order valence-electron chi connectivity index (χ2n) is 9.75. The standard InChI is InChI=1S/C27H29N5O6S.C2H6O2.Na.H/c1-27(2,3)18-10-12-19(13-11-18)39(34,35)32-23-22(38-21-9-6-5-8-20(21)36-4)26(37-17-16-33)31-25(30-23)24-28-14-7-15-29-24;3-1-2-4;;/h5-15,33H,16-17H2,1-4H3,(H,30,31,32);3-4H,1-2H2;;. The normalized spacial score (nSPS) is 11.0. The molecule has 4 rings (SSSR count). The van der Waals surface area contributed by atoms with Gasteiger partial charge in [-0.1, -0.05) is 45.0 Å². The number of ether oxygens (including phenoxy) is 3. The van der Waals surface area contributed by atoms with Gasteiger partial charge in [0.05, 0.1) is 31.8 Å². The topological polar surface area (TPSA) is 186 Å². The molecule has 4 N–H and O–H groups in total. The van der Waals surface area contributed by atoms with Crippen molar-refractivity contribution in [2.75, 3.05) is 38.3 Å². The number of aromatic nitrogens is 4. The Morgan fingerprint density at radius 1 is 0.818 bits per heavy atom. The quantitative estimate of drug-likeness (QED) is 0.176. The summed E-state index contributed by atoms with van der Waals surface area (Å²) in [5, 5.41) is 24.6. The fourth-order valence-electron chi connectivity index (χ4n) is 3.48. The van der Waals surface area contributed by atoms with Crippen molar-refractivity contribution < 1.29 is 37.9 Å². The molecule has 2 heterocycles. The van der Waals surface area contributed by atoms with Crippen molar-refractivity contribution in [3.8, 4) is 34.8 Å². The summed E-state index contributed by atoms with van der Waals surface area (Å²) in [4.78, 5) is 17.1. The second-order valence-corrected chi connectivity index (χ2v) is 11.4. The van der Waals surface area contributed by atoms with Crippen molar-refractivity contribution in [3.63, 3.8) is 0 Å². The van der Waals surface area contributed by atoms with Gasteiger partial charge < -0.3 is 29.5 Å². The average molecular weight is 638 g/mol. The number of sulfonamides is 1. The van der Waals surface area contributed by atoms with Crippen LogP contribution in [0.5, 0.6) is 23.1 Å². The van der Waals surface area contributed by atoms with Crippen LogP contribution in [0.4, 0.5) is 5.82 Å². The minimum absolute atomic E-state index is 0. The van der Waals surface area contributed by atoms with Crippen molar-refractivity contribution in [2.24, 2.45) is 0 Å². The number of benzene rings is 2. The zero-order chi connectivity index (χ0) is 31.5. The maximum atomic E-state index is 13.5. The maximum absolute atomic E-state index is 13.5. The van der Waals surface area contributed by atoms with E-state index in [0.717, 1.165) is 5.56 Å². The molecule has 0 amide bonds. The van der Waals surface area contributed by atoms with Crippen molar-refractivity contribution >= 4 is 45.4 Å². The predicted molar refractivity (Wildman–Crippen MR) is 166 cm³/mol. The van der Waals surface area contributed by atoms with E-state index in [1.165, 1.54) is 31.6 Å². The number of rotatable bonds is 11. The Labute approximate surface area is 278 Å². The summed E-state index contributed by atoms with van der Waals surface area (Å²) in [5.74, 6) is 0.271. The third kappa shape index (κ3) is 10.1. The average Bonchev–Trinajstić information content (AvgIpc) is 3.01. The monoisotopic (exact) mass is 637 g/mol. The number of aliphatic hydroxyl groups is 3. The second kappa shape index (κ2) is 17.2. The molecular formula is C29H36N5NaO8S. The van der Waals surface area contributed by atoms with E-state index in [-0.39, 0.29) is 101 Å². The van der Waals surface area contributed by atoms with Crippen LogP contribution in [0.1, 0.15) is 26.3 Å². The molecule has 0 bridgehead atoms. The molecule has 0 aliphatic heterocycles. The van der Waals surface area contributed by atoms with Gasteiger partial charge in [-0.05, 0) is 41.3 Å². The van der Waals surface area contributed by atoms with Gasteiger partial charge in [0, 0.05) is 12.4 Å². The van der Waals surface area contributed by atoms with Crippen LogP contribution in [0, 0.1) is 0 Å². The van der Waals surface area contributed by atoms with Crippen molar-refractivity contribution in [3.05, 3.63) is 72.6 Å². The Hall–Kier alpha value is -3.37. The number of aliphatic hydroxyl groups excluding tert-OH is 3. The Balaban J connectivity index is 0.00000127. The Bertz CT molecular complexity index is 1570. The molecule has 0 spiro atoms. The third-order valence-electron chi connectivity index (χ3n) is 5.57. The summed E-state index contributed by atoms with van der Waals surface area (Å²) in [6.45, 7) is 5.40. The molecule has 15 heteroatoms. The summed E-state index contributed by atoms with van der Waals surface area (Å²) in [7, 11) is -2.66. The van der Waals surface area contributed by atoms with Crippen LogP contribution in [0.2, 0.25) is 0 Å². The van der Waals surface area contributed by atoms with Crippen LogP contribution in [0.15, 0.2) is 71.9 Å². The first-order valence-electron chi connectivity index (χ1n) is 13.1. The Morgan fingerprint density at radius 3 is 1.98 bits per heavy atom. The molecule has 0 aliphatic carbocycles. The molecule has 0 atom stereocenters. The summed E-state index contributed by atoms with van der Waals surface area (Å²) >= 11 is 0. The molecule has 2 aromatic heterocycles. The van der Waals surface area contributed by atoms with E-state index in [1.807, 2.05) is 20.8 Å². The summed E-state index contributed by atoms with van der Waals surface area (Å²) in [6.07, 6.45) is 3.00. The van der Waals surface area contributed by atoms with Gasteiger partial charge >= 0.3 is 29.6 Å². The van der Waals surface area contributed by atoms with E-state index < -0.39 is 10.0 Å². The van der Waals surface area contributed by atoms with Gasteiger partial charge in [-0.15, -0.1) is 0 Å². The third-order valence-corrected chi connectivity index (χ3v) is 6.93. The first-order chi connectivity index (χ1) is 20.5. The number of anilines is 1. The van der Waals surface area contributed by atoms with Crippen LogP contribution < -0.4 is 18.9 Å². The number of hydrogen-bond acceptors (Lipinski definition) is 12. The van der Waals surface area contributed by atoms with Crippen molar-refractivity contribution in [2.45, 2.75) is 31.1 Å². The molecule has 44 heavy (non-hydrogen) atoms. The minimum atomic E-state index is -4.14. The fraction of sp³-hybridized carbons (Fsp3) is 0.310. The van der Waals surface area contributed by atoms with E-state index in [4.69, 9.17) is 24.4 Å². The predicted octanol–water partition coefficient (Wildman–Crippen LogP) is 2.53. The Morgan fingerprint density at radius 2 is 1.43 bits per heavy atom. The molecule has 2 aromatic carbocycles. The Kier molecular flexibility index (Phi) is 14.4. The summed E-state index contributed by atoms with van der Waals surface area (Å²) in [6, 6.07) is 15.0. The zero-order valence-electron chi connectivity index (χ0n) is 24.3. The molecule has 0 saturated heterocycles. The van der Waals surface area contributed by atoms with Gasteiger partial charge in [0.2, 0.25) is 11.6 Å². The summed E-state index contributed by atoms with van der Waals surface area (Å²) < 4.78 is 46.6. The van der Waals surface area contributed by atoms with Crippen molar-refractivity contribution in [1.29, 1.82) is 0 Å². The van der Waals surface area contributed by atoms with E-state index in [9.17, 15) is 13.5 Å². The van der Waals surface area contributed by atoms with Crippen LogP contribution in [0.25, 0.3) is 11.6 Å². The van der Waals surface area contributed by atoms with E-state index in [1.54, 1.807) is 42.5 Å². The van der Waals surface area contributed by atoms with Gasteiger partial charge in [0.15, 0.2) is 23.1 Å². The number of methoxy groups -OCH3 is 1. The van der Waals surface area contributed by atoms with Gasteiger partial charge in [0.1, 0.15) is 6.61 Å². The van der Waals surface area contributed by atoms with Gasteiger partial charge in [-0.2, -0.15) is 4.98 Å². The number of para-hydroxylation sites is 2. The van der Waals surface area contributed by atoms with Crippen molar-refractivity contribution in [1.82, 2.24) is 19.9 Å². The fourth-order valence-corrected chi connectivity index (χ4v) is 4.48. The number of nitrogens with zero attached hydrogens (tertiary/aromatic N) is 4. The molecule has 232 valence electrons. The van der Waals surface area contributed by atoms with Gasteiger partial charge in [0.25, 0.3) is 15.9 Å². The molecule has 0 unspecified atom stereocenters. The summed E-state index contributed by atoms with van der Waals surface area (Å²) in [5.41, 5.74) is 0.827. The SMILES string of the molecule is COc1ccccc1Oc1c(NS(=O)(=O)c2ccc(C(C)(C)C)cc2)nc(-c2ncccn2)nc1OCCO.OCCO.[NaH]. The van der Waals surface area contributed by atoms with E-state index in [0.29, 0.717) is 5.75 Å². The molecule has 0 fully saturated rings. The molecule has 0 aliphatic rings. The molecule has 0 saturated carbocycles. The molecule has 13 nitrogen and oxygen atoms in total.